The van der Waals surface area contributed by atoms with Crippen molar-refractivity contribution in [2.75, 3.05) is 30.3 Å². The largest absolute Gasteiger partial charge is 0.351 e. The van der Waals surface area contributed by atoms with Gasteiger partial charge in [0.1, 0.15) is 5.82 Å². The zero-order valence-corrected chi connectivity index (χ0v) is 19.5. The molecule has 5 heterocycles. The molecule has 3 fully saturated rings. The number of nitrogens with one attached hydrogen (secondary N) is 3. The summed E-state index contributed by atoms with van der Waals surface area (Å²) < 4.78 is 27.5. The fraction of sp³-hybridized carbons (Fsp3) is 0.619. The summed E-state index contributed by atoms with van der Waals surface area (Å²) in [6, 6.07) is 6.58. The standard InChI is InChI=1S/C21H29N9O2S/c1-14-10-19(28-27-14)24-18-13-20(33(31,32)29-7-3-8-29)26-21(25-18)23-15-11-16-4-5-17(12-15)30(16)9-2-6-22/h10,13,15-17H,2-5,7-9,11-12H2,1H3,(H3,23,24,25,26,27,28)/t15?,16-,17+. The molecule has 0 aromatic carbocycles. The maximum Gasteiger partial charge on any atom is 0.260 e. The fourth-order valence-electron chi connectivity index (χ4n) is 5.08. The summed E-state index contributed by atoms with van der Waals surface area (Å²) >= 11 is 0. The zero-order chi connectivity index (χ0) is 23.0. The van der Waals surface area contributed by atoms with Gasteiger partial charge in [0.05, 0.1) is 6.07 Å². The van der Waals surface area contributed by atoms with Gasteiger partial charge in [-0.25, -0.2) is 8.42 Å². The van der Waals surface area contributed by atoms with Crippen molar-refractivity contribution < 1.29 is 8.42 Å². The molecule has 0 radical (unpaired) electrons. The molecule has 5 rings (SSSR count). The summed E-state index contributed by atoms with van der Waals surface area (Å²) in [7, 11) is -3.67. The predicted molar refractivity (Wildman–Crippen MR) is 122 cm³/mol. The Morgan fingerprint density at radius 3 is 2.55 bits per heavy atom. The molecule has 3 N–H and O–H groups in total. The molecule has 33 heavy (non-hydrogen) atoms. The lowest BCUT2D eigenvalue weighted by Gasteiger charge is -2.38. The van der Waals surface area contributed by atoms with Gasteiger partial charge in [-0.05, 0) is 39.0 Å². The van der Waals surface area contributed by atoms with E-state index in [4.69, 9.17) is 5.26 Å². The second-order valence-corrected chi connectivity index (χ2v) is 11.0. The summed E-state index contributed by atoms with van der Waals surface area (Å²) in [6.45, 7) is 3.74. The van der Waals surface area contributed by atoms with Crippen LogP contribution in [-0.2, 0) is 10.0 Å². The number of sulfonamides is 1. The summed E-state index contributed by atoms with van der Waals surface area (Å²) in [4.78, 5) is 11.4. The molecule has 0 saturated carbocycles. The van der Waals surface area contributed by atoms with Gasteiger partial charge in [-0.1, -0.05) is 0 Å². The molecule has 0 amide bonds. The topological polar surface area (TPSA) is 143 Å². The van der Waals surface area contributed by atoms with Crippen LogP contribution in [0.4, 0.5) is 17.6 Å². The van der Waals surface area contributed by atoms with Crippen molar-refractivity contribution in [3.8, 4) is 6.07 Å². The van der Waals surface area contributed by atoms with E-state index < -0.39 is 10.0 Å². The minimum absolute atomic E-state index is 0.0103. The predicted octanol–water partition coefficient (Wildman–Crippen LogP) is 1.97. The van der Waals surface area contributed by atoms with Crippen molar-refractivity contribution >= 4 is 27.6 Å². The summed E-state index contributed by atoms with van der Waals surface area (Å²) in [5.74, 6) is 1.25. The first-order chi connectivity index (χ1) is 15.9. The first kappa shape index (κ1) is 22.1. The van der Waals surface area contributed by atoms with Crippen LogP contribution in [0, 0.1) is 18.3 Å². The van der Waals surface area contributed by atoms with Crippen molar-refractivity contribution in [1.29, 1.82) is 5.26 Å². The maximum absolute atomic E-state index is 13.1. The SMILES string of the molecule is Cc1cc(Nc2cc(S(=O)(=O)N3CCC3)nc(NC3C[C@H]4CC[C@@H](C3)N4CCC#N)n2)n[nH]1. The highest BCUT2D eigenvalue weighted by molar-refractivity contribution is 7.89. The van der Waals surface area contributed by atoms with Crippen molar-refractivity contribution in [3.63, 3.8) is 0 Å². The van der Waals surface area contributed by atoms with Crippen LogP contribution in [-0.4, -0.2) is 75.5 Å². The van der Waals surface area contributed by atoms with Crippen LogP contribution in [0.25, 0.3) is 0 Å². The summed E-state index contributed by atoms with van der Waals surface area (Å²) in [5, 5.41) is 22.5. The van der Waals surface area contributed by atoms with Crippen LogP contribution in [0.15, 0.2) is 17.2 Å². The van der Waals surface area contributed by atoms with E-state index in [9.17, 15) is 8.42 Å². The van der Waals surface area contributed by atoms with E-state index in [1.165, 1.54) is 10.4 Å². The van der Waals surface area contributed by atoms with Crippen LogP contribution in [0.1, 0.15) is 44.2 Å². The smallest absolute Gasteiger partial charge is 0.260 e. The molecule has 176 valence electrons. The van der Waals surface area contributed by atoms with Gasteiger partial charge in [0.2, 0.25) is 5.95 Å². The van der Waals surface area contributed by atoms with Crippen LogP contribution in [0.3, 0.4) is 0 Å². The Balaban J connectivity index is 1.38. The highest BCUT2D eigenvalue weighted by Crippen LogP contribution is 2.37. The molecule has 12 heteroatoms. The van der Waals surface area contributed by atoms with Crippen LogP contribution in [0.5, 0.6) is 0 Å². The Morgan fingerprint density at radius 2 is 1.94 bits per heavy atom. The van der Waals surface area contributed by atoms with E-state index in [2.05, 4.69) is 41.8 Å². The third kappa shape index (κ3) is 4.53. The molecule has 0 spiro atoms. The number of piperidine rings is 1. The van der Waals surface area contributed by atoms with Crippen LogP contribution in [0.2, 0.25) is 0 Å². The molecule has 2 aromatic heterocycles. The first-order valence-electron chi connectivity index (χ1n) is 11.5. The van der Waals surface area contributed by atoms with Crippen molar-refractivity contribution in [3.05, 3.63) is 17.8 Å². The number of nitrogens with zero attached hydrogens (tertiary/aromatic N) is 6. The number of aromatic nitrogens is 4. The minimum Gasteiger partial charge on any atom is -0.351 e. The minimum atomic E-state index is -3.67. The normalized spacial score (nSPS) is 25.4. The lowest BCUT2D eigenvalue weighted by molar-refractivity contribution is 0.135. The molecule has 1 unspecified atom stereocenters. The van der Waals surface area contributed by atoms with E-state index in [0.29, 0.717) is 49.2 Å². The van der Waals surface area contributed by atoms with E-state index in [1.54, 1.807) is 0 Å². The second kappa shape index (κ2) is 8.89. The zero-order valence-electron chi connectivity index (χ0n) is 18.7. The Hall–Kier alpha value is -2.75. The van der Waals surface area contributed by atoms with Gasteiger partial charge >= 0.3 is 0 Å². The van der Waals surface area contributed by atoms with E-state index >= 15 is 0 Å². The molecule has 3 aliphatic rings. The number of hydrogen-bond acceptors (Lipinski definition) is 9. The fourth-order valence-corrected chi connectivity index (χ4v) is 6.54. The number of nitriles is 1. The van der Waals surface area contributed by atoms with Crippen molar-refractivity contribution in [2.24, 2.45) is 0 Å². The average Bonchev–Trinajstić information content (AvgIpc) is 3.23. The van der Waals surface area contributed by atoms with Gasteiger partial charge in [-0.2, -0.15) is 24.6 Å². The maximum atomic E-state index is 13.1. The van der Waals surface area contributed by atoms with E-state index in [0.717, 1.165) is 44.3 Å². The Labute approximate surface area is 193 Å². The molecule has 11 nitrogen and oxygen atoms in total. The summed E-state index contributed by atoms with van der Waals surface area (Å²) in [6.07, 6.45) is 5.52. The Bertz CT molecular complexity index is 1140. The van der Waals surface area contributed by atoms with Gasteiger partial charge in [0.15, 0.2) is 10.8 Å². The third-order valence-corrected chi connectivity index (χ3v) is 8.57. The van der Waals surface area contributed by atoms with Gasteiger partial charge in [0, 0.05) is 62.0 Å². The van der Waals surface area contributed by atoms with E-state index in [-0.39, 0.29) is 11.1 Å². The highest BCUT2D eigenvalue weighted by atomic mass is 32.2. The molecule has 2 bridgehead atoms. The number of H-pyrrole nitrogens is 1. The van der Waals surface area contributed by atoms with Crippen LogP contribution >= 0.6 is 0 Å². The quantitative estimate of drug-likeness (QED) is 0.492. The van der Waals surface area contributed by atoms with Crippen molar-refractivity contribution in [2.45, 2.75) is 68.6 Å². The van der Waals surface area contributed by atoms with Crippen LogP contribution < -0.4 is 10.6 Å². The monoisotopic (exact) mass is 471 g/mol. The average molecular weight is 472 g/mol. The molecule has 0 aliphatic carbocycles. The van der Waals surface area contributed by atoms with E-state index in [1.807, 2.05) is 13.0 Å². The molecule has 3 saturated heterocycles. The molecule has 3 atom stereocenters. The first-order valence-corrected chi connectivity index (χ1v) is 12.9. The number of aryl methyl sites for hydroxylation is 1. The lowest BCUT2D eigenvalue weighted by Crippen LogP contribution is -2.47. The lowest BCUT2D eigenvalue weighted by atomic mass is 9.97. The van der Waals surface area contributed by atoms with Crippen molar-refractivity contribution in [1.82, 2.24) is 29.4 Å². The van der Waals surface area contributed by atoms with Gasteiger partial charge in [0.25, 0.3) is 10.0 Å². The number of aromatic amines is 1. The number of fused-ring (bicyclic) bond motifs is 2. The van der Waals surface area contributed by atoms with Gasteiger partial charge in [-0.15, -0.1) is 0 Å². The van der Waals surface area contributed by atoms with Gasteiger partial charge in [-0.3, -0.25) is 10.00 Å². The molecular weight excluding hydrogens is 442 g/mol. The Morgan fingerprint density at radius 1 is 1.18 bits per heavy atom. The van der Waals surface area contributed by atoms with Gasteiger partial charge < -0.3 is 10.6 Å². The number of hydrogen-bond donors (Lipinski definition) is 3. The molecular formula is C21H29N9O2S. The molecule has 2 aromatic rings. The number of rotatable bonds is 8. The molecule has 3 aliphatic heterocycles. The number of anilines is 3. The second-order valence-electron chi connectivity index (χ2n) is 9.08. The third-order valence-electron chi connectivity index (χ3n) is 6.78. The summed E-state index contributed by atoms with van der Waals surface area (Å²) in [5.41, 5.74) is 0.886. The highest BCUT2D eigenvalue weighted by Gasteiger charge is 2.40. The Kier molecular flexibility index (Phi) is 5.94.